The van der Waals surface area contributed by atoms with Crippen LogP contribution in [0.3, 0.4) is 0 Å². The third-order valence-electron chi connectivity index (χ3n) is 10.7. The van der Waals surface area contributed by atoms with E-state index < -0.39 is 31.4 Å². The molecule has 2 aromatic heterocycles. The topological polar surface area (TPSA) is 181 Å². The van der Waals surface area contributed by atoms with Crippen molar-refractivity contribution in [3.05, 3.63) is 106 Å². The molecule has 2 fully saturated rings. The zero-order valence-corrected chi connectivity index (χ0v) is 31.5. The number of H-pyrrole nitrogens is 1. The molecule has 0 aliphatic carbocycles. The number of carbonyl (C=O) groups excluding carboxylic acids is 1. The zero-order chi connectivity index (χ0) is 38.6. The predicted octanol–water partition coefficient (Wildman–Crippen LogP) is 6.26. The number of amides is 1. The molecule has 15 nitrogen and oxygen atoms in total. The number of nitro groups is 1. The minimum atomic E-state index is -4.54. The Labute approximate surface area is 324 Å². The molecule has 16 heteroatoms. The van der Waals surface area contributed by atoms with Crippen molar-refractivity contribution >= 4 is 44.0 Å². The van der Waals surface area contributed by atoms with E-state index in [1.807, 2.05) is 18.2 Å². The first-order chi connectivity index (χ1) is 27.2. The van der Waals surface area contributed by atoms with E-state index in [9.17, 15) is 23.3 Å². The van der Waals surface area contributed by atoms with Crippen molar-refractivity contribution in [2.75, 3.05) is 62.8 Å². The van der Waals surface area contributed by atoms with Gasteiger partial charge in [0.05, 0.1) is 28.2 Å². The van der Waals surface area contributed by atoms with Crippen molar-refractivity contribution < 1.29 is 32.3 Å². The van der Waals surface area contributed by atoms with Gasteiger partial charge in [-0.3, -0.25) is 19.8 Å². The second-order valence-corrected chi connectivity index (χ2v) is 15.9. The summed E-state index contributed by atoms with van der Waals surface area (Å²) in [5.41, 5.74) is 2.42. The molecule has 1 atom stereocenters. The van der Waals surface area contributed by atoms with Gasteiger partial charge in [-0.15, -0.1) is 0 Å². The molecule has 0 radical (unpaired) electrons. The Bertz CT molecular complexity index is 2340. The Morgan fingerprint density at radius 2 is 1.80 bits per heavy atom. The molecule has 3 N–H and O–H groups in total. The fraction of sp³-hybridized carbons (Fsp3) is 0.350. The van der Waals surface area contributed by atoms with E-state index in [1.165, 1.54) is 30.0 Å². The Morgan fingerprint density at radius 1 is 0.982 bits per heavy atom. The molecule has 0 saturated carbocycles. The summed E-state index contributed by atoms with van der Waals surface area (Å²) in [6.45, 7) is 5.48. The summed E-state index contributed by atoms with van der Waals surface area (Å²) >= 11 is 0. The third-order valence-corrected chi connectivity index (χ3v) is 12.0. The van der Waals surface area contributed by atoms with E-state index >= 15 is 0 Å². The Balaban J connectivity index is 1.02. The summed E-state index contributed by atoms with van der Waals surface area (Å²) in [6, 6.07) is 20.7. The molecule has 3 aromatic carbocycles. The molecule has 1 amide bonds. The first-order valence-electron chi connectivity index (χ1n) is 18.8. The van der Waals surface area contributed by atoms with Crippen LogP contribution in [0.25, 0.3) is 11.0 Å². The van der Waals surface area contributed by atoms with Gasteiger partial charge in [-0.1, -0.05) is 18.2 Å². The van der Waals surface area contributed by atoms with Crippen LogP contribution >= 0.6 is 0 Å². The fourth-order valence-electron chi connectivity index (χ4n) is 7.67. The molecule has 0 bridgehead atoms. The average Bonchev–Trinajstić information content (AvgIpc) is 3.58. The van der Waals surface area contributed by atoms with Gasteiger partial charge in [-0.2, -0.15) is 0 Å². The summed E-state index contributed by atoms with van der Waals surface area (Å²) in [7, 11) is -4.54. The fourth-order valence-corrected chi connectivity index (χ4v) is 8.66. The minimum absolute atomic E-state index is 0.0376. The number of ether oxygens (including phenoxy) is 3. The van der Waals surface area contributed by atoms with E-state index in [0.29, 0.717) is 50.9 Å². The molecule has 1 unspecified atom stereocenters. The summed E-state index contributed by atoms with van der Waals surface area (Å²) in [5, 5.41) is 15.9. The first kappa shape index (κ1) is 37.2. The van der Waals surface area contributed by atoms with E-state index in [1.54, 1.807) is 24.4 Å². The van der Waals surface area contributed by atoms with Crippen LogP contribution < -0.4 is 24.4 Å². The molecule has 2 saturated heterocycles. The number of anilines is 2. The van der Waals surface area contributed by atoms with E-state index in [4.69, 9.17) is 14.2 Å². The number of fused-ring (bicyclic) bond motifs is 2. The molecule has 8 rings (SSSR count). The van der Waals surface area contributed by atoms with Gasteiger partial charge in [0.1, 0.15) is 28.6 Å². The Hall–Kier alpha value is -5.71. The SMILES string of the molecule is O=C(NS(=O)(=O)c1ccc(NCC2CCOCC2)c([N+](=O)[O-])c1)c1ccc(N2CCN(C3CCCOc4ccccc43)CC2)cc1Oc1cnc2[nH]ccc2c1. The molecule has 3 aliphatic rings. The number of hydrogen-bond acceptors (Lipinski definition) is 12. The van der Waals surface area contributed by atoms with E-state index in [-0.39, 0.29) is 29.0 Å². The number of sulfonamides is 1. The molecule has 0 spiro atoms. The number of pyridine rings is 1. The lowest BCUT2D eigenvalue weighted by Crippen LogP contribution is -2.47. The number of carbonyl (C=O) groups is 1. The monoisotopic (exact) mass is 781 g/mol. The number of para-hydroxylation sites is 1. The lowest BCUT2D eigenvalue weighted by atomic mass is 9.99. The molecule has 292 valence electrons. The van der Waals surface area contributed by atoms with Crippen molar-refractivity contribution in [3.63, 3.8) is 0 Å². The van der Waals surface area contributed by atoms with Gasteiger partial charge in [0.25, 0.3) is 21.6 Å². The molecular weight excluding hydrogens is 739 g/mol. The standard InChI is InChI=1S/C40H43N7O8S/c48-40(44-56(51,52)31-8-10-34(36(24-31)47(49)50)42-25-27-12-20-53-21-13-27)33-9-7-29(23-38(33)55-30-22-28-11-14-41-39(28)43-26-30)45-15-17-46(18-16-45)35-5-3-19-54-37-6-2-1-4-32(35)37/h1-2,4,6-11,14,22-24,26-27,35,42H,3,5,12-13,15-21,25H2,(H,41,43)(H,44,48). The van der Waals surface area contributed by atoms with Crippen molar-refractivity contribution in [2.45, 2.75) is 36.6 Å². The van der Waals surface area contributed by atoms with Gasteiger partial charge in [0.2, 0.25) is 0 Å². The van der Waals surface area contributed by atoms with Crippen LogP contribution in [0.4, 0.5) is 17.1 Å². The van der Waals surface area contributed by atoms with Gasteiger partial charge in [-0.25, -0.2) is 18.1 Å². The summed E-state index contributed by atoms with van der Waals surface area (Å²) in [6.07, 6.45) is 6.91. The highest BCUT2D eigenvalue weighted by atomic mass is 32.2. The quantitative estimate of drug-likeness (QED) is 0.101. The molecule has 3 aliphatic heterocycles. The van der Waals surface area contributed by atoms with Gasteiger partial charge < -0.3 is 29.4 Å². The lowest BCUT2D eigenvalue weighted by molar-refractivity contribution is -0.384. The highest BCUT2D eigenvalue weighted by Crippen LogP contribution is 2.37. The largest absolute Gasteiger partial charge is 0.493 e. The average molecular weight is 782 g/mol. The van der Waals surface area contributed by atoms with E-state index in [0.717, 1.165) is 61.7 Å². The highest BCUT2D eigenvalue weighted by molar-refractivity contribution is 7.90. The smallest absolute Gasteiger partial charge is 0.293 e. The Morgan fingerprint density at radius 3 is 2.62 bits per heavy atom. The van der Waals surface area contributed by atoms with Crippen molar-refractivity contribution in [2.24, 2.45) is 5.92 Å². The normalized spacial score (nSPS) is 18.1. The molecule has 5 heterocycles. The van der Waals surface area contributed by atoms with Crippen molar-refractivity contribution in [1.29, 1.82) is 0 Å². The Kier molecular flexibility index (Phi) is 10.8. The zero-order valence-electron chi connectivity index (χ0n) is 30.7. The van der Waals surface area contributed by atoms with Crippen LogP contribution in [0.5, 0.6) is 17.2 Å². The number of benzene rings is 3. The van der Waals surface area contributed by atoms with Crippen LogP contribution in [0, 0.1) is 16.0 Å². The summed E-state index contributed by atoms with van der Waals surface area (Å²) < 4.78 is 47.0. The first-order valence-corrected chi connectivity index (χ1v) is 20.3. The third kappa shape index (κ3) is 8.12. The van der Waals surface area contributed by atoms with Gasteiger partial charge in [-0.05, 0) is 74.1 Å². The van der Waals surface area contributed by atoms with Crippen LogP contribution in [0.2, 0.25) is 0 Å². The summed E-state index contributed by atoms with van der Waals surface area (Å²) in [5.74, 6) is 0.744. The molecular formula is C40H43N7O8S. The number of rotatable bonds is 11. The summed E-state index contributed by atoms with van der Waals surface area (Å²) in [4.78, 5) is 36.9. The minimum Gasteiger partial charge on any atom is -0.493 e. The number of hydrogen-bond donors (Lipinski definition) is 3. The maximum atomic E-state index is 13.8. The van der Waals surface area contributed by atoms with Gasteiger partial charge in [0, 0.05) is 86.9 Å². The van der Waals surface area contributed by atoms with Crippen LogP contribution in [-0.2, 0) is 14.8 Å². The maximum Gasteiger partial charge on any atom is 0.293 e. The maximum absolute atomic E-state index is 13.8. The van der Waals surface area contributed by atoms with Gasteiger partial charge in [0.15, 0.2) is 0 Å². The van der Waals surface area contributed by atoms with Crippen LogP contribution in [0.1, 0.15) is 47.6 Å². The number of nitrogens with zero attached hydrogens (tertiary/aromatic N) is 4. The number of piperazine rings is 1. The highest BCUT2D eigenvalue weighted by Gasteiger charge is 2.30. The second kappa shape index (κ2) is 16.2. The number of nitro benzene ring substituents is 1. The predicted molar refractivity (Wildman–Crippen MR) is 210 cm³/mol. The van der Waals surface area contributed by atoms with Crippen molar-refractivity contribution in [1.82, 2.24) is 19.6 Å². The lowest BCUT2D eigenvalue weighted by Gasteiger charge is -2.40. The molecule has 5 aromatic rings. The number of aromatic amines is 1. The second-order valence-electron chi connectivity index (χ2n) is 14.2. The van der Waals surface area contributed by atoms with Gasteiger partial charge >= 0.3 is 0 Å². The van der Waals surface area contributed by atoms with Crippen molar-refractivity contribution in [3.8, 4) is 17.2 Å². The number of nitrogens with one attached hydrogen (secondary N) is 3. The van der Waals surface area contributed by atoms with Crippen LogP contribution in [-0.4, -0.2) is 86.7 Å². The number of aromatic nitrogens is 2. The molecule has 56 heavy (non-hydrogen) atoms. The van der Waals surface area contributed by atoms with E-state index in [2.05, 4.69) is 41.9 Å². The van der Waals surface area contributed by atoms with Crippen LogP contribution in [0.15, 0.2) is 90.1 Å².